The van der Waals surface area contributed by atoms with Gasteiger partial charge in [0.1, 0.15) is 24.5 Å². The molecule has 0 amide bonds. The second-order valence-corrected chi connectivity index (χ2v) is 8.07. The van der Waals surface area contributed by atoms with Gasteiger partial charge in [0.2, 0.25) is 6.34 Å². The Morgan fingerprint density at radius 2 is 1.57 bits per heavy atom. The topological polar surface area (TPSA) is 6.25 Å². The molecule has 0 atom stereocenters. The van der Waals surface area contributed by atoms with Crippen molar-refractivity contribution in [2.75, 3.05) is 18.0 Å². The molecule has 0 saturated heterocycles. The van der Waals surface area contributed by atoms with Gasteiger partial charge >= 0.3 is 0 Å². The molecule has 0 spiro atoms. The molecular formula is C19H21Br2N2+. The van der Waals surface area contributed by atoms with Crippen molar-refractivity contribution < 1.29 is 4.58 Å². The van der Waals surface area contributed by atoms with Crippen molar-refractivity contribution in [3.05, 3.63) is 55.5 Å². The van der Waals surface area contributed by atoms with E-state index in [1.165, 1.54) is 33.6 Å². The first-order valence-corrected chi connectivity index (χ1v) is 9.37. The first-order valence-electron chi connectivity index (χ1n) is 7.78. The van der Waals surface area contributed by atoms with E-state index in [9.17, 15) is 0 Å². The van der Waals surface area contributed by atoms with E-state index in [-0.39, 0.29) is 0 Å². The Bertz CT molecular complexity index is 763. The van der Waals surface area contributed by atoms with E-state index in [1.807, 2.05) is 0 Å². The van der Waals surface area contributed by atoms with E-state index >= 15 is 0 Å². The minimum Gasteiger partial charge on any atom is -0.229 e. The van der Waals surface area contributed by atoms with Crippen molar-refractivity contribution in [3.8, 4) is 0 Å². The second kappa shape index (κ2) is 6.40. The fourth-order valence-corrected chi connectivity index (χ4v) is 5.05. The molecule has 120 valence electrons. The highest BCUT2D eigenvalue weighted by Crippen LogP contribution is 2.33. The van der Waals surface area contributed by atoms with Crippen molar-refractivity contribution in [1.82, 2.24) is 0 Å². The molecule has 0 unspecified atom stereocenters. The lowest BCUT2D eigenvalue weighted by atomic mass is 10.1. The number of rotatable bonds is 2. The lowest BCUT2D eigenvalue weighted by Crippen LogP contribution is -2.19. The van der Waals surface area contributed by atoms with Crippen LogP contribution in [-0.2, 0) is 0 Å². The molecule has 0 radical (unpaired) electrons. The van der Waals surface area contributed by atoms with Gasteiger partial charge in [-0.1, -0.05) is 22.0 Å². The van der Waals surface area contributed by atoms with Crippen LogP contribution in [0.15, 0.2) is 33.2 Å². The summed E-state index contributed by atoms with van der Waals surface area (Å²) in [6.45, 7) is 10.7. The van der Waals surface area contributed by atoms with Gasteiger partial charge < -0.3 is 0 Å². The van der Waals surface area contributed by atoms with Crippen molar-refractivity contribution in [1.29, 1.82) is 0 Å². The first kappa shape index (κ1) is 16.7. The minimum atomic E-state index is 0.997. The third kappa shape index (κ3) is 3.24. The van der Waals surface area contributed by atoms with Crippen molar-refractivity contribution >= 4 is 49.6 Å². The van der Waals surface area contributed by atoms with Gasteiger partial charge in [-0.3, -0.25) is 0 Å². The summed E-state index contributed by atoms with van der Waals surface area (Å²) in [6, 6.07) is 8.80. The fraction of sp³-hybridized carbons (Fsp3) is 0.316. The zero-order chi connectivity index (χ0) is 16.7. The van der Waals surface area contributed by atoms with Crippen LogP contribution >= 0.6 is 31.9 Å². The molecule has 0 N–H and O–H groups in total. The number of hydrogen-bond acceptors (Lipinski definition) is 1. The summed E-state index contributed by atoms with van der Waals surface area (Å²) in [4.78, 5) is 2.35. The minimum absolute atomic E-state index is 0.997. The second-order valence-electron chi connectivity index (χ2n) is 6.30. The molecule has 3 rings (SSSR count). The molecule has 1 aliphatic rings. The molecule has 1 heterocycles. The quantitative estimate of drug-likeness (QED) is 0.552. The maximum atomic E-state index is 3.74. The average molecular weight is 437 g/mol. The van der Waals surface area contributed by atoms with Crippen LogP contribution < -0.4 is 4.90 Å². The number of nitrogens with zero attached hydrogens (tertiary/aromatic N) is 2. The Hall–Kier alpha value is -1.13. The van der Waals surface area contributed by atoms with Crippen LogP contribution in [0.5, 0.6) is 0 Å². The standard InChI is InChI=1S/C19H21Br2N2/c1-12-7-13(2)19(17(21)8-12)23-6-5-22(11-23)18-14(3)9-16(20)10-15(18)4/h7-11H,5-6H2,1-4H3/q+1. The highest BCUT2D eigenvalue weighted by Gasteiger charge is 2.27. The Morgan fingerprint density at radius 1 is 0.913 bits per heavy atom. The molecule has 0 saturated carbocycles. The maximum absolute atomic E-state index is 3.74. The SMILES string of the molecule is Cc1cc(C)c(N2C=[N+](c3c(C)cc(Br)cc3C)CC2)c(Br)c1. The van der Waals surface area contributed by atoms with Crippen molar-refractivity contribution in [2.45, 2.75) is 27.7 Å². The summed E-state index contributed by atoms with van der Waals surface area (Å²) in [7, 11) is 0. The van der Waals surface area contributed by atoms with Gasteiger partial charge in [0.05, 0.1) is 4.47 Å². The van der Waals surface area contributed by atoms with E-state index in [2.05, 4.69) is 99.6 Å². The zero-order valence-electron chi connectivity index (χ0n) is 14.0. The number of hydrogen-bond donors (Lipinski definition) is 0. The first-order chi connectivity index (χ1) is 10.9. The van der Waals surface area contributed by atoms with Crippen LogP contribution in [0.4, 0.5) is 11.4 Å². The smallest absolute Gasteiger partial charge is 0.229 e. The molecule has 0 aliphatic carbocycles. The monoisotopic (exact) mass is 435 g/mol. The van der Waals surface area contributed by atoms with E-state index in [0.29, 0.717) is 0 Å². The highest BCUT2D eigenvalue weighted by atomic mass is 79.9. The summed E-state index contributed by atoms with van der Waals surface area (Å²) >= 11 is 7.32. The summed E-state index contributed by atoms with van der Waals surface area (Å²) < 4.78 is 4.67. The molecule has 4 heteroatoms. The van der Waals surface area contributed by atoms with E-state index in [1.54, 1.807) is 0 Å². The van der Waals surface area contributed by atoms with Gasteiger partial charge in [-0.05, 0) is 84.1 Å². The molecule has 1 aliphatic heterocycles. The van der Waals surface area contributed by atoms with Crippen LogP contribution in [0.3, 0.4) is 0 Å². The van der Waals surface area contributed by atoms with Crippen LogP contribution in [0.2, 0.25) is 0 Å². The summed E-state index contributed by atoms with van der Waals surface area (Å²) in [5, 5.41) is 0. The molecule has 2 aromatic rings. The largest absolute Gasteiger partial charge is 0.244 e. The normalized spacial score (nSPS) is 14.3. The summed E-state index contributed by atoms with van der Waals surface area (Å²) in [6.07, 6.45) is 2.24. The molecule has 23 heavy (non-hydrogen) atoms. The zero-order valence-corrected chi connectivity index (χ0v) is 17.1. The van der Waals surface area contributed by atoms with E-state index < -0.39 is 0 Å². The van der Waals surface area contributed by atoms with Gasteiger partial charge in [-0.25, -0.2) is 9.48 Å². The Labute approximate surface area is 155 Å². The molecule has 0 bridgehead atoms. The highest BCUT2D eigenvalue weighted by molar-refractivity contribution is 9.10. The molecular weight excluding hydrogens is 416 g/mol. The lowest BCUT2D eigenvalue weighted by Gasteiger charge is -2.12. The molecule has 2 nitrogen and oxygen atoms in total. The number of anilines is 1. The Morgan fingerprint density at radius 3 is 2.17 bits per heavy atom. The van der Waals surface area contributed by atoms with Crippen molar-refractivity contribution in [2.24, 2.45) is 0 Å². The third-order valence-corrected chi connectivity index (χ3v) is 5.35. The van der Waals surface area contributed by atoms with Crippen LogP contribution in [-0.4, -0.2) is 24.0 Å². The van der Waals surface area contributed by atoms with Gasteiger partial charge in [0.25, 0.3) is 0 Å². The molecule has 2 aromatic carbocycles. The summed E-state index contributed by atoms with van der Waals surface area (Å²) in [5.41, 5.74) is 7.78. The predicted molar refractivity (Wildman–Crippen MR) is 105 cm³/mol. The summed E-state index contributed by atoms with van der Waals surface area (Å²) in [5.74, 6) is 0. The van der Waals surface area contributed by atoms with Crippen LogP contribution in [0.25, 0.3) is 0 Å². The maximum Gasteiger partial charge on any atom is 0.244 e. The third-order valence-electron chi connectivity index (χ3n) is 4.29. The molecule has 0 fully saturated rings. The van der Waals surface area contributed by atoms with Crippen LogP contribution in [0, 0.1) is 27.7 Å². The fourth-order valence-electron chi connectivity index (χ4n) is 3.47. The van der Waals surface area contributed by atoms with Gasteiger partial charge in [-0.15, -0.1) is 0 Å². The number of aryl methyl sites for hydroxylation is 4. The Balaban J connectivity index is 2.03. The van der Waals surface area contributed by atoms with E-state index in [4.69, 9.17) is 0 Å². The van der Waals surface area contributed by atoms with Gasteiger partial charge in [0.15, 0.2) is 0 Å². The lowest BCUT2D eigenvalue weighted by molar-refractivity contribution is -0.425. The number of benzene rings is 2. The predicted octanol–water partition coefficient (Wildman–Crippen LogP) is 5.64. The molecule has 0 aromatic heterocycles. The average Bonchev–Trinajstić information content (AvgIpc) is 2.85. The number of halogens is 2. The van der Waals surface area contributed by atoms with Gasteiger partial charge in [0, 0.05) is 4.47 Å². The van der Waals surface area contributed by atoms with Gasteiger partial charge in [-0.2, -0.15) is 0 Å². The van der Waals surface area contributed by atoms with Crippen LogP contribution in [0.1, 0.15) is 22.3 Å². The Kier molecular flexibility index (Phi) is 4.65. The van der Waals surface area contributed by atoms with Crippen molar-refractivity contribution in [3.63, 3.8) is 0 Å². The van der Waals surface area contributed by atoms with E-state index in [0.717, 1.165) is 22.0 Å².